The number of amides is 2. The highest BCUT2D eigenvalue weighted by Gasteiger charge is 2.13. The Morgan fingerprint density at radius 3 is 2.76 bits per heavy atom. The number of hydrogen-bond acceptors (Lipinski definition) is 3. The zero-order valence-corrected chi connectivity index (χ0v) is 14.5. The van der Waals surface area contributed by atoms with Crippen molar-refractivity contribution >= 4 is 23.1 Å². The molecule has 0 fully saturated rings. The Bertz CT molecular complexity index is 959. The first-order valence-corrected chi connectivity index (χ1v) is 8.03. The molecule has 3 rings (SSSR count). The molecule has 0 unspecified atom stereocenters. The molecule has 2 N–H and O–H groups in total. The molecule has 0 atom stereocenters. The Kier molecular flexibility index (Phi) is 4.52. The van der Waals surface area contributed by atoms with Crippen LogP contribution in [0.3, 0.4) is 0 Å². The van der Waals surface area contributed by atoms with E-state index >= 15 is 0 Å². The first-order chi connectivity index (χ1) is 11.9. The first kappa shape index (κ1) is 16.7. The Hall–Kier alpha value is -3.15. The second-order valence-electron chi connectivity index (χ2n) is 6.07. The van der Waals surface area contributed by atoms with Crippen LogP contribution < -0.4 is 10.6 Å². The summed E-state index contributed by atoms with van der Waals surface area (Å²) in [6.07, 6.45) is 3.49. The molecule has 2 amide bonds. The van der Waals surface area contributed by atoms with Gasteiger partial charge in [-0.25, -0.2) is 4.98 Å². The van der Waals surface area contributed by atoms with E-state index in [0.29, 0.717) is 5.65 Å². The average molecular weight is 336 g/mol. The Labute approximate surface area is 145 Å². The van der Waals surface area contributed by atoms with E-state index in [4.69, 9.17) is 0 Å². The quantitative estimate of drug-likeness (QED) is 0.769. The van der Waals surface area contributed by atoms with Crippen molar-refractivity contribution in [3.8, 4) is 0 Å². The fourth-order valence-corrected chi connectivity index (χ4v) is 2.53. The topological polar surface area (TPSA) is 75.5 Å². The summed E-state index contributed by atoms with van der Waals surface area (Å²) < 4.78 is 1.78. The van der Waals surface area contributed by atoms with Gasteiger partial charge in [0, 0.05) is 18.1 Å². The summed E-state index contributed by atoms with van der Waals surface area (Å²) in [5.74, 6) is -0.654. The Morgan fingerprint density at radius 1 is 1.16 bits per heavy atom. The molecule has 0 saturated heterocycles. The van der Waals surface area contributed by atoms with Crippen molar-refractivity contribution in [3.63, 3.8) is 0 Å². The Balaban J connectivity index is 1.63. The lowest BCUT2D eigenvalue weighted by Gasteiger charge is -2.10. The molecule has 0 bridgehead atoms. The third-order valence-corrected chi connectivity index (χ3v) is 4.14. The van der Waals surface area contributed by atoms with E-state index in [1.54, 1.807) is 10.6 Å². The van der Waals surface area contributed by atoms with Gasteiger partial charge in [-0.05, 0) is 55.7 Å². The van der Waals surface area contributed by atoms with Crippen LogP contribution in [-0.4, -0.2) is 27.7 Å². The van der Waals surface area contributed by atoms with E-state index in [-0.39, 0.29) is 24.1 Å². The van der Waals surface area contributed by atoms with E-state index in [1.807, 2.05) is 57.3 Å². The molecule has 2 heterocycles. The molecule has 0 spiro atoms. The lowest BCUT2D eigenvalue weighted by Crippen LogP contribution is -2.33. The number of carbonyl (C=O) groups excluding carboxylic acids is 2. The van der Waals surface area contributed by atoms with Crippen LogP contribution in [0.4, 0.5) is 5.69 Å². The Morgan fingerprint density at radius 2 is 1.96 bits per heavy atom. The summed E-state index contributed by atoms with van der Waals surface area (Å²) in [5, 5.41) is 5.41. The molecule has 3 aromatic rings. The van der Waals surface area contributed by atoms with Crippen molar-refractivity contribution in [2.45, 2.75) is 20.8 Å². The van der Waals surface area contributed by atoms with Crippen molar-refractivity contribution < 1.29 is 9.59 Å². The number of rotatable bonds is 4. The van der Waals surface area contributed by atoms with Gasteiger partial charge in [0.25, 0.3) is 5.91 Å². The van der Waals surface area contributed by atoms with Crippen LogP contribution in [0.5, 0.6) is 0 Å². The van der Waals surface area contributed by atoms with Gasteiger partial charge in [0.1, 0.15) is 11.3 Å². The number of nitrogens with one attached hydrogen (secondary N) is 2. The molecule has 1 aromatic carbocycles. The summed E-state index contributed by atoms with van der Waals surface area (Å²) in [5.41, 5.74) is 4.91. The number of nitrogens with zero attached hydrogens (tertiary/aromatic N) is 2. The highest BCUT2D eigenvalue weighted by Crippen LogP contribution is 2.17. The summed E-state index contributed by atoms with van der Waals surface area (Å²) >= 11 is 0. The van der Waals surface area contributed by atoms with Crippen molar-refractivity contribution in [1.29, 1.82) is 0 Å². The number of aryl methyl sites for hydroxylation is 2. The molecule has 0 saturated carbocycles. The molecule has 2 aromatic heterocycles. The SMILES string of the molecule is Cc1ccn2cc(C(=O)NCC(=O)Nc3cccc(C)c3C)nc2c1. The smallest absolute Gasteiger partial charge is 0.271 e. The van der Waals surface area contributed by atoms with Crippen LogP contribution in [0.25, 0.3) is 5.65 Å². The second-order valence-corrected chi connectivity index (χ2v) is 6.07. The maximum atomic E-state index is 12.2. The maximum Gasteiger partial charge on any atom is 0.271 e. The molecule has 6 heteroatoms. The monoisotopic (exact) mass is 336 g/mol. The van der Waals surface area contributed by atoms with Crippen LogP contribution in [-0.2, 0) is 4.79 Å². The zero-order chi connectivity index (χ0) is 18.0. The average Bonchev–Trinajstić information content (AvgIpc) is 3.00. The molecule has 0 aliphatic heterocycles. The summed E-state index contributed by atoms with van der Waals surface area (Å²) in [4.78, 5) is 28.6. The summed E-state index contributed by atoms with van der Waals surface area (Å²) in [6.45, 7) is 5.78. The summed E-state index contributed by atoms with van der Waals surface area (Å²) in [6, 6.07) is 9.54. The number of aromatic nitrogens is 2. The van der Waals surface area contributed by atoms with Gasteiger partial charge in [-0.15, -0.1) is 0 Å². The van der Waals surface area contributed by atoms with E-state index in [2.05, 4.69) is 15.6 Å². The fraction of sp³-hybridized carbons (Fsp3) is 0.211. The number of imidazole rings is 1. The van der Waals surface area contributed by atoms with Gasteiger partial charge in [0.2, 0.25) is 5.91 Å². The minimum Gasteiger partial charge on any atom is -0.342 e. The van der Waals surface area contributed by atoms with Gasteiger partial charge in [0.15, 0.2) is 0 Å². The lowest BCUT2D eigenvalue weighted by molar-refractivity contribution is -0.115. The lowest BCUT2D eigenvalue weighted by atomic mass is 10.1. The number of pyridine rings is 1. The van der Waals surface area contributed by atoms with Crippen molar-refractivity contribution in [3.05, 3.63) is 65.1 Å². The largest absolute Gasteiger partial charge is 0.342 e. The van der Waals surface area contributed by atoms with Crippen molar-refractivity contribution in [1.82, 2.24) is 14.7 Å². The zero-order valence-electron chi connectivity index (χ0n) is 14.5. The normalized spacial score (nSPS) is 10.7. The number of hydrogen-bond donors (Lipinski definition) is 2. The fourth-order valence-electron chi connectivity index (χ4n) is 2.53. The molecular weight excluding hydrogens is 316 g/mol. The van der Waals surface area contributed by atoms with E-state index in [1.165, 1.54) is 0 Å². The van der Waals surface area contributed by atoms with Crippen LogP contribution in [0.15, 0.2) is 42.7 Å². The molecule has 6 nitrogen and oxygen atoms in total. The van der Waals surface area contributed by atoms with Crippen molar-refractivity contribution in [2.75, 3.05) is 11.9 Å². The highest BCUT2D eigenvalue weighted by molar-refractivity contribution is 5.99. The third-order valence-electron chi connectivity index (χ3n) is 4.14. The number of benzene rings is 1. The minimum absolute atomic E-state index is 0.112. The standard InChI is InChI=1S/C19H20N4O2/c1-12-7-8-23-11-16(21-17(23)9-12)19(25)20-10-18(24)22-15-6-4-5-13(2)14(15)3/h4-9,11H,10H2,1-3H3,(H,20,25)(H,22,24). The summed E-state index contributed by atoms with van der Waals surface area (Å²) in [7, 11) is 0. The molecule has 128 valence electrons. The van der Waals surface area contributed by atoms with Gasteiger partial charge in [-0.3, -0.25) is 9.59 Å². The van der Waals surface area contributed by atoms with Gasteiger partial charge < -0.3 is 15.0 Å². The predicted octanol–water partition coefficient (Wildman–Crippen LogP) is 2.63. The predicted molar refractivity (Wildman–Crippen MR) is 96.8 cm³/mol. The van der Waals surface area contributed by atoms with E-state index in [0.717, 1.165) is 22.4 Å². The van der Waals surface area contributed by atoms with Gasteiger partial charge in [0.05, 0.1) is 6.54 Å². The highest BCUT2D eigenvalue weighted by atomic mass is 16.2. The maximum absolute atomic E-state index is 12.2. The van der Waals surface area contributed by atoms with Gasteiger partial charge in [-0.1, -0.05) is 12.1 Å². The molecular formula is C19H20N4O2. The van der Waals surface area contributed by atoms with Gasteiger partial charge >= 0.3 is 0 Å². The number of fused-ring (bicyclic) bond motifs is 1. The second kappa shape index (κ2) is 6.76. The van der Waals surface area contributed by atoms with E-state index < -0.39 is 0 Å². The third kappa shape index (κ3) is 3.68. The van der Waals surface area contributed by atoms with Crippen LogP contribution in [0, 0.1) is 20.8 Å². The number of anilines is 1. The minimum atomic E-state index is -0.377. The van der Waals surface area contributed by atoms with Crippen LogP contribution in [0.2, 0.25) is 0 Å². The molecule has 0 aliphatic carbocycles. The van der Waals surface area contributed by atoms with Crippen LogP contribution in [0.1, 0.15) is 27.2 Å². The van der Waals surface area contributed by atoms with Crippen molar-refractivity contribution in [2.24, 2.45) is 0 Å². The molecule has 0 radical (unpaired) electrons. The first-order valence-electron chi connectivity index (χ1n) is 8.03. The number of carbonyl (C=O) groups is 2. The van der Waals surface area contributed by atoms with Gasteiger partial charge in [-0.2, -0.15) is 0 Å². The molecule has 25 heavy (non-hydrogen) atoms. The molecule has 0 aliphatic rings. The van der Waals surface area contributed by atoms with Crippen LogP contribution >= 0.6 is 0 Å². The van der Waals surface area contributed by atoms with E-state index in [9.17, 15) is 9.59 Å².